The predicted molar refractivity (Wildman–Crippen MR) is 99.5 cm³/mol. The predicted octanol–water partition coefficient (Wildman–Crippen LogP) is 3.27. The van der Waals surface area contributed by atoms with E-state index in [4.69, 9.17) is 0 Å². The van der Waals surface area contributed by atoms with Gasteiger partial charge >= 0.3 is 0 Å². The van der Waals surface area contributed by atoms with Crippen LogP contribution < -0.4 is 0 Å². The first-order chi connectivity index (χ1) is 12.1. The third-order valence-electron chi connectivity index (χ3n) is 5.26. The van der Waals surface area contributed by atoms with E-state index in [1.165, 1.54) is 5.56 Å². The molecule has 0 saturated carbocycles. The molecule has 1 fully saturated rings. The number of hydrogen-bond donors (Lipinski definition) is 1. The van der Waals surface area contributed by atoms with Gasteiger partial charge in [0.05, 0.1) is 6.20 Å². The summed E-state index contributed by atoms with van der Waals surface area (Å²) >= 11 is 0. The molecule has 1 amide bonds. The largest absolute Gasteiger partial charge is 0.338 e. The van der Waals surface area contributed by atoms with Gasteiger partial charge in [-0.25, -0.2) is 4.98 Å². The number of imidazole rings is 1. The van der Waals surface area contributed by atoms with E-state index < -0.39 is 0 Å². The van der Waals surface area contributed by atoms with E-state index in [2.05, 4.69) is 59.0 Å². The van der Waals surface area contributed by atoms with Crippen LogP contribution in [0.15, 0.2) is 36.5 Å². The number of amides is 1. The van der Waals surface area contributed by atoms with Gasteiger partial charge in [-0.2, -0.15) is 0 Å². The van der Waals surface area contributed by atoms with Crippen molar-refractivity contribution < 1.29 is 4.79 Å². The minimum Gasteiger partial charge on any atom is -0.338 e. The minimum absolute atomic E-state index is 0.0638. The Kier molecular flexibility index (Phi) is 5.53. The molecular formula is C20H28N4O. The topological polar surface area (TPSA) is 52.2 Å². The van der Waals surface area contributed by atoms with E-state index in [1.54, 1.807) is 6.20 Å². The van der Waals surface area contributed by atoms with E-state index >= 15 is 0 Å². The van der Waals surface area contributed by atoms with E-state index in [0.29, 0.717) is 11.7 Å². The Morgan fingerprint density at radius 3 is 2.76 bits per heavy atom. The van der Waals surface area contributed by atoms with Crippen LogP contribution in [0.3, 0.4) is 0 Å². The Bertz CT molecular complexity index is 697. The zero-order valence-corrected chi connectivity index (χ0v) is 15.4. The second-order valence-corrected chi connectivity index (χ2v) is 6.71. The summed E-state index contributed by atoms with van der Waals surface area (Å²) in [4.78, 5) is 24.8. The van der Waals surface area contributed by atoms with Crippen molar-refractivity contribution in [1.29, 1.82) is 0 Å². The smallest absolute Gasteiger partial charge is 0.272 e. The molecule has 134 valence electrons. The van der Waals surface area contributed by atoms with Crippen LogP contribution >= 0.6 is 0 Å². The molecular weight excluding hydrogens is 312 g/mol. The highest BCUT2D eigenvalue weighted by atomic mass is 16.2. The van der Waals surface area contributed by atoms with Crippen LogP contribution in [0, 0.1) is 0 Å². The van der Waals surface area contributed by atoms with Crippen molar-refractivity contribution in [1.82, 2.24) is 19.8 Å². The Labute approximate surface area is 150 Å². The summed E-state index contributed by atoms with van der Waals surface area (Å²) in [5.74, 6) is 0.930. The summed E-state index contributed by atoms with van der Waals surface area (Å²) in [5.41, 5.74) is 1.94. The summed E-state index contributed by atoms with van der Waals surface area (Å²) in [7, 11) is 0. The molecule has 1 aromatic heterocycles. The van der Waals surface area contributed by atoms with Crippen LogP contribution in [0.2, 0.25) is 0 Å². The number of nitrogens with zero attached hydrogens (tertiary/aromatic N) is 3. The number of carbonyl (C=O) groups is 1. The molecule has 2 heterocycles. The van der Waals surface area contributed by atoms with Crippen molar-refractivity contribution in [2.75, 3.05) is 19.6 Å². The molecule has 1 saturated heterocycles. The Morgan fingerprint density at radius 1 is 1.36 bits per heavy atom. The van der Waals surface area contributed by atoms with Crippen LogP contribution in [0.4, 0.5) is 0 Å². The minimum atomic E-state index is 0.0638. The zero-order chi connectivity index (χ0) is 17.8. The molecule has 0 radical (unpaired) electrons. The standard InChI is InChI=1S/C20H28N4O/c1-4-19-21-13-18(22-19)20(25)24(5-2)17-11-12-23(14-17)15(3)16-9-7-6-8-10-16/h6-10,13,15,17H,4-5,11-12,14H2,1-3H3,(H,21,22)/t15-,17-/m1/s1. The number of likely N-dealkylation sites (N-methyl/N-ethyl adjacent to an activating group) is 1. The molecule has 3 rings (SSSR count). The van der Waals surface area contributed by atoms with Crippen molar-refractivity contribution in [3.05, 3.63) is 53.6 Å². The number of hydrogen-bond acceptors (Lipinski definition) is 3. The average molecular weight is 340 g/mol. The van der Waals surface area contributed by atoms with Crippen LogP contribution in [0.25, 0.3) is 0 Å². The molecule has 2 aromatic rings. The maximum atomic E-state index is 12.9. The molecule has 2 atom stereocenters. The van der Waals surface area contributed by atoms with Gasteiger partial charge in [0.25, 0.3) is 5.91 Å². The Balaban J connectivity index is 1.67. The number of aromatic nitrogens is 2. The first-order valence-corrected chi connectivity index (χ1v) is 9.27. The van der Waals surface area contributed by atoms with E-state index in [1.807, 2.05) is 11.8 Å². The molecule has 5 heteroatoms. The second-order valence-electron chi connectivity index (χ2n) is 6.71. The third-order valence-corrected chi connectivity index (χ3v) is 5.26. The average Bonchev–Trinajstić information content (AvgIpc) is 3.32. The highest BCUT2D eigenvalue weighted by molar-refractivity contribution is 5.92. The highest BCUT2D eigenvalue weighted by Crippen LogP contribution is 2.27. The maximum Gasteiger partial charge on any atom is 0.272 e. The fourth-order valence-corrected chi connectivity index (χ4v) is 3.69. The molecule has 1 aliphatic heterocycles. The van der Waals surface area contributed by atoms with Gasteiger partial charge in [-0.15, -0.1) is 0 Å². The van der Waals surface area contributed by atoms with Crippen LogP contribution in [0.1, 0.15) is 55.1 Å². The zero-order valence-electron chi connectivity index (χ0n) is 15.4. The fraction of sp³-hybridized carbons (Fsp3) is 0.500. The maximum absolute atomic E-state index is 12.9. The first kappa shape index (κ1) is 17.7. The van der Waals surface area contributed by atoms with Crippen LogP contribution in [-0.4, -0.2) is 51.4 Å². The first-order valence-electron chi connectivity index (χ1n) is 9.27. The lowest BCUT2D eigenvalue weighted by Crippen LogP contribution is -2.42. The Hall–Kier alpha value is -2.14. The molecule has 5 nitrogen and oxygen atoms in total. The number of benzene rings is 1. The Morgan fingerprint density at radius 2 is 2.12 bits per heavy atom. The van der Waals surface area contributed by atoms with Crippen molar-refractivity contribution in [3.63, 3.8) is 0 Å². The van der Waals surface area contributed by atoms with Gasteiger partial charge in [0.2, 0.25) is 0 Å². The van der Waals surface area contributed by atoms with Gasteiger partial charge in [0.1, 0.15) is 11.5 Å². The van der Waals surface area contributed by atoms with Crippen LogP contribution in [0.5, 0.6) is 0 Å². The summed E-state index contributed by atoms with van der Waals surface area (Å²) in [5, 5.41) is 0. The van der Waals surface area contributed by atoms with Gasteiger partial charge in [0.15, 0.2) is 0 Å². The van der Waals surface area contributed by atoms with E-state index in [0.717, 1.165) is 38.3 Å². The van der Waals surface area contributed by atoms with E-state index in [-0.39, 0.29) is 11.9 Å². The van der Waals surface area contributed by atoms with Gasteiger partial charge in [-0.05, 0) is 25.8 Å². The van der Waals surface area contributed by atoms with Crippen molar-refractivity contribution >= 4 is 5.91 Å². The van der Waals surface area contributed by atoms with Gasteiger partial charge in [-0.1, -0.05) is 37.3 Å². The number of nitrogens with one attached hydrogen (secondary N) is 1. The lowest BCUT2D eigenvalue weighted by molar-refractivity contribution is 0.0683. The number of aromatic amines is 1. The normalized spacial score (nSPS) is 19.1. The second kappa shape index (κ2) is 7.83. The lowest BCUT2D eigenvalue weighted by Gasteiger charge is -2.29. The number of aryl methyl sites for hydroxylation is 1. The number of rotatable bonds is 6. The molecule has 25 heavy (non-hydrogen) atoms. The van der Waals surface area contributed by atoms with Crippen LogP contribution in [-0.2, 0) is 6.42 Å². The molecule has 0 spiro atoms. The van der Waals surface area contributed by atoms with Gasteiger partial charge < -0.3 is 9.88 Å². The summed E-state index contributed by atoms with van der Waals surface area (Å²) in [6, 6.07) is 11.2. The summed E-state index contributed by atoms with van der Waals surface area (Å²) < 4.78 is 0. The lowest BCUT2D eigenvalue weighted by atomic mass is 10.1. The molecule has 0 aliphatic carbocycles. The van der Waals surface area contributed by atoms with Gasteiger partial charge in [-0.3, -0.25) is 9.69 Å². The fourth-order valence-electron chi connectivity index (χ4n) is 3.69. The summed E-state index contributed by atoms with van der Waals surface area (Å²) in [6.07, 6.45) is 3.50. The molecule has 0 bridgehead atoms. The number of H-pyrrole nitrogens is 1. The SMILES string of the molecule is CCc1ncc(C(=O)N(CC)[C@@H]2CCN([C@H](C)c3ccccc3)C2)[nH]1. The number of carbonyl (C=O) groups excluding carboxylic acids is 1. The molecule has 1 N–H and O–H groups in total. The van der Waals surface area contributed by atoms with Crippen molar-refractivity contribution in [2.45, 2.75) is 45.7 Å². The third kappa shape index (κ3) is 3.76. The molecule has 0 unspecified atom stereocenters. The molecule has 1 aliphatic rings. The van der Waals surface area contributed by atoms with Gasteiger partial charge in [0, 0.05) is 38.1 Å². The van der Waals surface area contributed by atoms with Crippen molar-refractivity contribution in [2.24, 2.45) is 0 Å². The highest BCUT2D eigenvalue weighted by Gasteiger charge is 2.33. The number of likely N-dealkylation sites (tertiary alicyclic amines) is 1. The summed E-state index contributed by atoms with van der Waals surface area (Å²) in [6.45, 7) is 9.00. The quantitative estimate of drug-likeness (QED) is 0.878. The van der Waals surface area contributed by atoms with E-state index in [9.17, 15) is 4.79 Å². The monoisotopic (exact) mass is 340 g/mol. The molecule has 1 aromatic carbocycles. The van der Waals surface area contributed by atoms with Crippen molar-refractivity contribution in [3.8, 4) is 0 Å².